The van der Waals surface area contributed by atoms with E-state index < -0.39 is 0 Å². The van der Waals surface area contributed by atoms with Crippen LogP contribution < -0.4 is 0 Å². The molecule has 2 nitrogen and oxygen atoms in total. The van der Waals surface area contributed by atoms with E-state index in [-0.39, 0.29) is 11.5 Å². The van der Waals surface area contributed by atoms with Gasteiger partial charge in [-0.1, -0.05) is 12.1 Å². The maximum Gasteiger partial charge on any atom is 0.127 e. The lowest BCUT2D eigenvalue weighted by Gasteiger charge is -1.98. The Hall–Kier alpha value is -1.88. The molecule has 0 aliphatic heterocycles. The van der Waals surface area contributed by atoms with Gasteiger partial charge in [-0.05, 0) is 17.5 Å². The Labute approximate surface area is 69.7 Å². The molecular formula is C10H6O2. The van der Waals surface area contributed by atoms with E-state index in [1.165, 1.54) is 6.07 Å². The Morgan fingerprint density at radius 3 is 2.58 bits per heavy atom. The average Bonchev–Trinajstić information content (AvgIpc) is 2.04. The molecule has 2 rings (SSSR count). The molecule has 0 saturated carbocycles. The summed E-state index contributed by atoms with van der Waals surface area (Å²) in [5.41, 5.74) is 0. The maximum atomic E-state index is 9.36. The largest absolute Gasteiger partial charge is 0.508 e. The number of hydrogen-bond donors (Lipinski definition) is 2. The van der Waals surface area contributed by atoms with Gasteiger partial charge in [0.2, 0.25) is 0 Å². The fourth-order valence-electron chi connectivity index (χ4n) is 1.15. The number of phenols is 2. The van der Waals surface area contributed by atoms with Crippen molar-refractivity contribution in [3.8, 4) is 11.5 Å². The van der Waals surface area contributed by atoms with Gasteiger partial charge in [0.05, 0.1) is 0 Å². The minimum atomic E-state index is 0.0552. The SMILES string of the molecule is Oc1cc(O)c2cc#ccc2c1. The summed E-state index contributed by atoms with van der Waals surface area (Å²) in [7, 11) is 0. The molecule has 58 valence electrons. The van der Waals surface area contributed by atoms with Crippen molar-refractivity contribution in [2.75, 3.05) is 0 Å². The zero-order valence-corrected chi connectivity index (χ0v) is 6.20. The molecule has 2 aromatic carbocycles. The zero-order valence-electron chi connectivity index (χ0n) is 6.20. The molecule has 2 heteroatoms. The summed E-state index contributed by atoms with van der Waals surface area (Å²) in [5.74, 6) is 0.120. The smallest absolute Gasteiger partial charge is 0.127 e. The van der Waals surface area contributed by atoms with Gasteiger partial charge < -0.3 is 10.2 Å². The van der Waals surface area contributed by atoms with Crippen molar-refractivity contribution >= 4 is 10.8 Å². The molecular weight excluding hydrogens is 152 g/mol. The lowest BCUT2D eigenvalue weighted by atomic mass is 10.1. The topological polar surface area (TPSA) is 40.5 Å². The third kappa shape index (κ3) is 0.923. The van der Waals surface area contributed by atoms with Crippen molar-refractivity contribution in [3.05, 3.63) is 36.4 Å². The first-order valence-electron chi connectivity index (χ1n) is 3.51. The molecule has 0 spiro atoms. The number of benzene rings is 1. The second-order valence-corrected chi connectivity index (χ2v) is 2.55. The zero-order chi connectivity index (χ0) is 8.55. The van der Waals surface area contributed by atoms with Crippen LogP contribution >= 0.6 is 0 Å². The van der Waals surface area contributed by atoms with Crippen LogP contribution in [0.4, 0.5) is 0 Å². The lowest BCUT2D eigenvalue weighted by Crippen LogP contribution is -1.72. The van der Waals surface area contributed by atoms with Gasteiger partial charge in [0.15, 0.2) is 0 Å². The minimum Gasteiger partial charge on any atom is -0.508 e. The number of fused-ring (bicyclic) bond motifs is 1. The van der Waals surface area contributed by atoms with Gasteiger partial charge in [-0.15, -0.1) is 0 Å². The van der Waals surface area contributed by atoms with Crippen LogP contribution in [-0.4, -0.2) is 10.2 Å². The summed E-state index contributed by atoms with van der Waals surface area (Å²) >= 11 is 0. The van der Waals surface area contributed by atoms with Gasteiger partial charge in [0.25, 0.3) is 0 Å². The molecule has 2 N–H and O–H groups in total. The number of aromatic hydroxyl groups is 2. The third-order valence-electron chi connectivity index (χ3n) is 1.70. The average molecular weight is 158 g/mol. The molecule has 0 amide bonds. The molecule has 12 heavy (non-hydrogen) atoms. The van der Waals surface area contributed by atoms with Gasteiger partial charge in [-0.3, -0.25) is 0 Å². The Morgan fingerprint density at radius 2 is 1.75 bits per heavy atom. The van der Waals surface area contributed by atoms with E-state index in [1.807, 2.05) is 0 Å². The Balaban J connectivity index is 2.89. The molecule has 0 bridgehead atoms. The fourth-order valence-corrected chi connectivity index (χ4v) is 1.15. The van der Waals surface area contributed by atoms with Crippen molar-refractivity contribution in [1.82, 2.24) is 0 Å². The van der Waals surface area contributed by atoms with Gasteiger partial charge in [-0.25, -0.2) is 0 Å². The van der Waals surface area contributed by atoms with Gasteiger partial charge in [0, 0.05) is 17.5 Å². The highest BCUT2D eigenvalue weighted by Gasteiger charge is 1.99. The van der Waals surface area contributed by atoms with Crippen molar-refractivity contribution in [2.45, 2.75) is 0 Å². The summed E-state index contributed by atoms with van der Waals surface area (Å²) in [4.78, 5) is 0. The normalized spacial score (nSPS) is 9.67. The first kappa shape index (κ1) is 6.81. The van der Waals surface area contributed by atoms with Crippen LogP contribution in [0.15, 0.2) is 24.3 Å². The van der Waals surface area contributed by atoms with Crippen molar-refractivity contribution < 1.29 is 10.2 Å². The van der Waals surface area contributed by atoms with Crippen molar-refractivity contribution in [2.24, 2.45) is 0 Å². The van der Waals surface area contributed by atoms with Gasteiger partial charge in [0.1, 0.15) is 11.5 Å². The van der Waals surface area contributed by atoms with E-state index in [0.29, 0.717) is 5.39 Å². The van der Waals surface area contributed by atoms with Crippen molar-refractivity contribution in [3.63, 3.8) is 0 Å². The fraction of sp³-hybridized carbons (Fsp3) is 0. The highest BCUT2D eigenvalue weighted by molar-refractivity contribution is 5.88. The van der Waals surface area contributed by atoms with Crippen LogP contribution in [0.2, 0.25) is 0 Å². The summed E-state index contributed by atoms with van der Waals surface area (Å²) < 4.78 is 0. The Bertz CT molecular complexity index is 421. The summed E-state index contributed by atoms with van der Waals surface area (Å²) in [6, 6.07) is 11.6. The predicted octanol–water partition coefficient (Wildman–Crippen LogP) is 1.85. The van der Waals surface area contributed by atoms with E-state index in [9.17, 15) is 5.11 Å². The monoisotopic (exact) mass is 158 g/mol. The van der Waals surface area contributed by atoms with E-state index in [4.69, 9.17) is 5.11 Å². The number of rotatable bonds is 0. The molecule has 0 fully saturated rings. The first-order chi connectivity index (χ1) is 5.77. The minimum absolute atomic E-state index is 0.0552. The first-order valence-corrected chi connectivity index (χ1v) is 3.51. The Morgan fingerprint density at radius 1 is 1.00 bits per heavy atom. The molecule has 0 unspecified atom stereocenters. The van der Waals surface area contributed by atoms with E-state index >= 15 is 0 Å². The number of hydrogen-bond acceptors (Lipinski definition) is 2. The molecule has 0 atom stereocenters. The summed E-state index contributed by atoms with van der Waals surface area (Å²) in [5, 5.41) is 19.9. The van der Waals surface area contributed by atoms with Crippen molar-refractivity contribution in [1.29, 1.82) is 0 Å². The predicted molar refractivity (Wildman–Crippen MR) is 44.9 cm³/mol. The van der Waals surface area contributed by atoms with Gasteiger partial charge in [-0.2, -0.15) is 0 Å². The van der Waals surface area contributed by atoms with E-state index in [0.717, 1.165) is 5.39 Å². The highest BCUT2D eigenvalue weighted by Crippen LogP contribution is 2.28. The quantitative estimate of drug-likeness (QED) is 0.614. The molecule has 0 saturated heterocycles. The molecule has 0 radical (unpaired) electrons. The summed E-state index contributed by atoms with van der Waals surface area (Å²) in [6.07, 6.45) is 0. The molecule has 2 aromatic rings. The van der Waals surface area contributed by atoms with Crippen LogP contribution in [0.5, 0.6) is 11.5 Å². The second-order valence-electron chi connectivity index (χ2n) is 2.55. The van der Waals surface area contributed by atoms with E-state index in [2.05, 4.69) is 12.1 Å². The highest BCUT2D eigenvalue weighted by atomic mass is 16.3. The summed E-state index contributed by atoms with van der Waals surface area (Å²) in [6.45, 7) is 0. The van der Waals surface area contributed by atoms with Crippen LogP contribution in [0.25, 0.3) is 10.8 Å². The molecule has 0 aliphatic carbocycles. The van der Waals surface area contributed by atoms with Crippen LogP contribution in [0.1, 0.15) is 0 Å². The van der Waals surface area contributed by atoms with Gasteiger partial charge >= 0.3 is 0 Å². The third-order valence-corrected chi connectivity index (χ3v) is 1.70. The maximum absolute atomic E-state index is 9.36. The Kier molecular flexibility index (Phi) is 1.31. The molecule has 0 aliphatic rings. The standard InChI is InChI=1S/C10H6O2/c11-8-5-7-3-1-2-4-9(7)10(12)6-8/h3-6,11-12H. The number of phenolic OH excluding ortho intramolecular Hbond substituents is 2. The molecule has 0 aromatic heterocycles. The molecule has 0 heterocycles. The van der Waals surface area contributed by atoms with Crippen LogP contribution in [-0.2, 0) is 0 Å². The van der Waals surface area contributed by atoms with Crippen LogP contribution in [0.3, 0.4) is 0 Å². The van der Waals surface area contributed by atoms with E-state index in [1.54, 1.807) is 18.2 Å². The lowest BCUT2D eigenvalue weighted by molar-refractivity contribution is 0.455. The van der Waals surface area contributed by atoms with Crippen LogP contribution in [0, 0.1) is 12.1 Å². The second kappa shape index (κ2) is 2.31.